The molecule has 0 saturated heterocycles. The molecule has 1 unspecified atom stereocenters. The van der Waals surface area contributed by atoms with Gasteiger partial charge in [-0.3, -0.25) is 0 Å². The maximum Gasteiger partial charge on any atom is 0.107 e. The van der Waals surface area contributed by atoms with Gasteiger partial charge in [0.2, 0.25) is 0 Å². The summed E-state index contributed by atoms with van der Waals surface area (Å²) >= 11 is 6.17. The molecule has 1 aromatic rings. The van der Waals surface area contributed by atoms with E-state index in [1.807, 2.05) is 24.3 Å². The van der Waals surface area contributed by atoms with Gasteiger partial charge in [0, 0.05) is 10.4 Å². The van der Waals surface area contributed by atoms with Crippen LogP contribution in [0.1, 0.15) is 38.2 Å². The molecule has 0 bridgehead atoms. The maximum atomic E-state index is 13.9. The van der Waals surface area contributed by atoms with Crippen LogP contribution >= 0.6 is 11.6 Å². The molecule has 82 valence electrons. The zero-order valence-electron chi connectivity index (χ0n) is 8.97. The topological polar surface area (TPSA) is 0 Å². The number of hydrogen-bond donors (Lipinski definition) is 0. The quantitative estimate of drug-likeness (QED) is 0.696. The minimum absolute atomic E-state index is 0.321. The van der Waals surface area contributed by atoms with Gasteiger partial charge in [-0.1, -0.05) is 42.6 Å². The summed E-state index contributed by atoms with van der Waals surface area (Å²) in [5, 5.41) is 0.712. The summed E-state index contributed by atoms with van der Waals surface area (Å²) in [5.74, 6) is 0. The molecule has 1 fully saturated rings. The highest BCUT2D eigenvalue weighted by Crippen LogP contribution is 2.47. The third-order valence-electron chi connectivity index (χ3n) is 3.67. The van der Waals surface area contributed by atoms with Gasteiger partial charge < -0.3 is 0 Å². The summed E-state index contributed by atoms with van der Waals surface area (Å²) < 4.78 is 13.9. The summed E-state index contributed by atoms with van der Waals surface area (Å²) in [6.07, 6.45) is 3.25. The Bertz CT molecular complexity index is 340. The Kier molecular flexibility index (Phi) is 3.01. The number of alkyl halides is 1. The predicted molar refractivity (Wildman–Crippen MR) is 62.2 cm³/mol. The Labute approximate surface area is 95.4 Å². The van der Waals surface area contributed by atoms with Crippen LogP contribution < -0.4 is 0 Å². The summed E-state index contributed by atoms with van der Waals surface area (Å²) in [7, 11) is 0. The molecular formula is C13H16ClF. The molecule has 0 nitrogen and oxygen atoms in total. The van der Waals surface area contributed by atoms with E-state index in [2.05, 4.69) is 0 Å². The molecule has 0 radical (unpaired) electrons. The van der Waals surface area contributed by atoms with Crippen LogP contribution in [-0.2, 0) is 5.41 Å². The molecule has 2 rings (SSSR count). The molecule has 1 aliphatic rings. The van der Waals surface area contributed by atoms with Crippen LogP contribution in [0.15, 0.2) is 24.3 Å². The second-order valence-electron chi connectivity index (χ2n) is 4.46. The van der Waals surface area contributed by atoms with Gasteiger partial charge in [-0.05, 0) is 31.4 Å². The zero-order valence-corrected chi connectivity index (χ0v) is 9.73. The van der Waals surface area contributed by atoms with Gasteiger partial charge in [0.1, 0.15) is 6.17 Å². The van der Waals surface area contributed by atoms with Gasteiger partial charge in [0.25, 0.3) is 0 Å². The van der Waals surface area contributed by atoms with E-state index in [-0.39, 0.29) is 5.41 Å². The Balaban J connectivity index is 2.46. The van der Waals surface area contributed by atoms with Crippen LogP contribution in [0, 0.1) is 0 Å². The molecule has 0 aliphatic heterocycles. The molecule has 2 heteroatoms. The first-order valence-electron chi connectivity index (χ1n) is 5.56. The number of hydrogen-bond acceptors (Lipinski definition) is 0. The first-order chi connectivity index (χ1) is 7.17. The highest BCUT2D eigenvalue weighted by Gasteiger charge is 2.42. The standard InChI is InChI=1S/C13H16ClF/c1-10(15)13(8-4-5-9-13)11-6-2-3-7-12(11)14/h2-3,6-7,10H,4-5,8-9H2,1H3. The van der Waals surface area contributed by atoms with Crippen molar-refractivity contribution < 1.29 is 4.39 Å². The zero-order chi connectivity index (χ0) is 10.9. The van der Waals surface area contributed by atoms with E-state index in [0.717, 1.165) is 31.2 Å². The lowest BCUT2D eigenvalue weighted by molar-refractivity contribution is 0.206. The Hall–Kier alpha value is -0.560. The fourth-order valence-corrected chi connectivity index (χ4v) is 3.08. The van der Waals surface area contributed by atoms with E-state index < -0.39 is 6.17 Å². The lowest BCUT2D eigenvalue weighted by atomic mass is 9.75. The molecule has 15 heavy (non-hydrogen) atoms. The average molecular weight is 227 g/mol. The first kappa shape index (κ1) is 10.9. The van der Waals surface area contributed by atoms with Crippen molar-refractivity contribution in [3.05, 3.63) is 34.9 Å². The van der Waals surface area contributed by atoms with Gasteiger partial charge >= 0.3 is 0 Å². The van der Waals surface area contributed by atoms with Crippen LogP contribution in [-0.4, -0.2) is 6.17 Å². The SMILES string of the molecule is CC(F)C1(c2ccccc2Cl)CCCC1. The maximum absolute atomic E-state index is 13.9. The van der Waals surface area contributed by atoms with E-state index in [1.165, 1.54) is 0 Å². The van der Waals surface area contributed by atoms with Crippen molar-refractivity contribution in [1.29, 1.82) is 0 Å². The van der Waals surface area contributed by atoms with Crippen molar-refractivity contribution >= 4 is 11.6 Å². The lowest BCUT2D eigenvalue weighted by Gasteiger charge is -2.32. The summed E-state index contributed by atoms with van der Waals surface area (Å²) in [6.45, 7) is 1.66. The van der Waals surface area contributed by atoms with E-state index >= 15 is 0 Å². The summed E-state index contributed by atoms with van der Waals surface area (Å²) in [6, 6.07) is 7.68. The monoisotopic (exact) mass is 226 g/mol. The van der Waals surface area contributed by atoms with Crippen LogP contribution in [0.3, 0.4) is 0 Å². The highest BCUT2D eigenvalue weighted by atomic mass is 35.5. The van der Waals surface area contributed by atoms with Crippen LogP contribution in [0.2, 0.25) is 5.02 Å². The third-order valence-corrected chi connectivity index (χ3v) is 4.00. The van der Waals surface area contributed by atoms with Crippen LogP contribution in [0.25, 0.3) is 0 Å². The van der Waals surface area contributed by atoms with Gasteiger partial charge in [-0.25, -0.2) is 4.39 Å². The molecular weight excluding hydrogens is 211 g/mol. The van der Waals surface area contributed by atoms with E-state index in [1.54, 1.807) is 6.92 Å². The minimum atomic E-state index is -0.820. The summed E-state index contributed by atoms with van der Waals surface area (Å²) in [4.78, 5) is 0. The van der Waals surface area contributed by atoms with Crippen molar-refractivity contribution in [3.8, 4) is 0 Å². The molecule has 0 N–H and O–H groups in total. The van der Waals surface area contributed by atoms with E-state index in [0.29, 0.717) is 5.02 Å². The van der Waals surface area contributed by atoms with Crippen LogP contribution in [0.4, 0.5) is 4.39 Å². The molecule has 0 aromatic heterocycles. The van der Waals surface area contributed by atoms with E-state index in [9.17, 15) is 4.39 Å². The van der Waals surface area contributed by atoms with Crippen molar-refractivity contribution in [1.82, 2.24) is 0 Å². The third kappa shape index (κ3) is 1.78. The van der Waals surface area contributed by atoms with Crippen molar-refractivity contribution in [3.63, 3.8) is 0 Å². The second-order valence-corrected chi connectivity index (χ2v) is 4.87. The highest BCUT2D eigenvalue weighted by molar-refractivity contribution is 6.31. The van der Waals surface area contributed by atoms with Gasteiger partial charge in [-0.2, -0.15) is 0 Å². The normalized spacial score (nSPS) is 21.5. The molecule has 0 heterocycles. The van der Waals surface area contributed by atoms with Crippen molar-refractivity contribution in [2.75, 3.05) is 0 Å². The van der Waals surface area contributed by atoms with Gasteiger partial charge in [0.05, 0.1) is 0 Å². The molecule has 1 atom stereocenters. The Morgan fingerprint density at radius 2 is 1.87 bits per heavy atom. The molecule has 1 aliphatic carbocycles. The molecule has 1 aromatic carbocycles. The number of halogens is 2. The Morgan fingerprint density at radius 3 is 2.40 bits per heavy atom. The minimum Gasteiger partial charge on any atom is -0.247 e. The first-order valence-corrected chi connectivity index (χ1v) is 5.94. The average Bonchev–Trinajstić information content (AvgIpc) is 2.68. The van der Waals surface area contributed by atoms with Crippen molar-refractivity contribution in [2.24, 2.45) is 0 Å². The second kappa shape index (κ2) is 4.13. The van der Waals surface area contributed by atoms with Crippen LogP contribution in [0.5, 0.6) is 0 Å². The smallest absolute Gasteiger partial charge is 0.107 e. The molecule has 0 amide bonds. The fraction of sp³-hybridized carbons (Fsp3) is 0.538. The number of rotatable bonds is 2. The Morgan fingerprint density at radius 1 is 1.27 bits per heavy atom. The van der Waals surface area contributed by atoms with Crippen molar-refractivity contribution in [2.45, 2.75) is 44.2 Å². The van der Waals surface area contributed by atoms with Gasteiger partial charge in [0.15, 0.2) is 0 Å². The largest absolute Gasteiger partial charge is 0.247 e. The lowest BCUT2D eigenvalue weighted by Crippen LogP contribution is -2.32. The number of benzene rings is 1. The predicted octanol–water partition coefficient (Wildman–Crippen LogP) is 4.51. The summed E-state index contributed by atoms with van der Waals surface area (Å²) in [5.41, 5.74) is 0.678. The van der Waals surface area contributed by atoms with Gasteiger partial charge in [-0.15, -0.1) is 0 Å². The molecule has 1 saturated carbocycles. The van der Waals surface area contributed by atoms with E-state index in [4.69, 9.17) is 11.6 Å². The fourth-order valence-electron chi connectivity index (χ4n) is 2.75. The molecule has 0 spiro atoms.